The molecule has 2 atom stereocenters. The van der Waals surface area contributed by atoms with Crippen LogP contribution in [0.1, 0.15) is 68.8 Å². The molecule has 2 unspecified atom stereocenters. The van der Waals surface area contributed by atoms with E-state index in [9.17, 15) is 5.26 Å². The Morgan fingerprint density at radius 1 is 1.17 bits per heavy atom. The van der Waals surface area contributed by atoms with E-state index in [-0.39, 0.29) is 17.7 Å². The van der Waals surface area contributed by atoms with Crippen molar-refractivity contribution >= 4 is 22.5 Å². The second-order valence-electron chi connectivity index (χ2n) is 10.3. The van der Waals surface area contributed by atoms with Crippen molar-refractivity contribution in [3.8, 4) is 6.07 Å². The monoisotopic (exact) mass is 466 g/mol. The highest BCUT2D eigenvalue weighted by Gasteiger charge is 2.37. The van der Waals surface area contributed by atoms with Crippen molar-refractivity contribution < 1.29 is 4.74 Å². The van der Waals surface area contributed by atoms with Crippen molar-refractivity contribution in [3.05, 3.63) is 76.9 Å². The van der Waals surface area contributed by atoms with Gasteiger partial charge in [-0.3, -0.25) is 4.40 Å². The van der Waals surface area contributed by atoms with Crippen LogP contribution in [-0.4, -0.2) is 27.6 Å². The Morgan fingerprint density at radius 2 is 1.89 bits per heavy atom. The van der Waals surface area contributed by atoms with Gasteiger partial charge in [-0.25, -0.2) is 4.98 Å². The first-order valence-electron chi connectivity index (χ1n) is 12.7. The molecule has 2 aromatic heterocycles. The average Bonchev–Trinajstić information content (AvgIpc) is 3.23. The quantitative estimate of drug-likeness (QED) is 0.326. The lowest BCUT2D eigenvalue weighted by Gasteiger charge is -2.46. The number of fused-ring (bicyclic) bond motifs is 3. The number of pyridine rings is 1. The summed E-state index contributed by atoms with van der Waals surface area (Å²) < 4.78 is 8.39. The van der Waals surface area contributed by atoms with Gasteiger partial charge in [-0.2, -0.15) is 5.26 Å². The molecule has 1 aliphatic heterocycles. The number of anilines is 1. The highest BCUT2D eigenvalue weighted by atomic mass is 16.5. The van der Waals surface area contributed by atoms with Crippen LogP contribution in [0.15, 0.2) is 54.6 Å². The molecule has 5 heteroatoms. The summed E-state index contributed by atoms with van der Waals surface area (Å²) in [6, 6.07) is 21.9. The number of nitrogens with zero attached hydrogens (tertiary/aromatic N) is 4. The molecule has 0 spiro atoms. The number of imidazole rings is 1. The number of para-hydroxylation sites is 2. The van der Waals surface area contributed by atoms with Gasteiger partial charge in [0, 0.05) is 12.6 Å². The zero-order valence-corrected chi connectivity index (χ0v) is 21.4. The molecular weight excluding hydrogens is 432 g/mol. The van der Waals surface area contributed by atoms with Crippen LogP contribution in [0.2, 0.25) is 0 Å². The van der Waals surface area contributed by atoms with Gasteiger partial charge < -0.3 is 9.64 Å². The van der Waals surface area contributed by atoms with Crippen LogP contribution in [-0.2, 0) is 11.2 Å². The Kier molecular flexibility index (Phi) is 6.02. The summed E-state index contributed by atoms with van der Waals surface area (Å²) in [4.78, 5) is 7.57. The summed E-state index contributed by atoms with van der Waals surface area (Å²) >= 11 is 0. The topological polar surface area (TPSA) is 53.6 Å². The van der Waals surface area contributed by atoms with Gasteiger partial charge in [0.05, 0.1) is 28.2 Å². The summed E-state index contributed by atoms with van der Waals surface area (Å²) in [6.07, 6.45) is 2.72. The molecule has 1 aliphatic rings. The van der Waals surface area contributed by atoms with Crippen LogP contribution in [0.3, 0.4) is 0 Å². The van der Waals surface area contributed by atoms with E-state index in [2.05, 4.69) is 92.5 Å². The lowest BCUT2D eigenvalue weighted by molar-refractivity contribution is -0.0598. The maximum Gasteiger partial charge on any atom is 0.157 e. The van der Waals surface area contributed by atoms with E-state index >= 15 is 0 Å². The second-order valence-corrected chi connectivity index (χ2v) is 10.3. The molecule has 0 bridgehead atoms. The van der Waals surface area contributed by atoms with Crippen molar-refractivity contribution in [2.45, 2.75) is 71.6 Å². The normalized spacial score (nSPS) is 18.5. The third-order valence-electron chi connectivity index (χ3n) is 7.57. The summed E-state index contributed by atoms with van der Waals surface area (Å²) in [5.74, 6) is 1.16. The first-order chi connectivity index (χ1) is 16.9. The van der Waals surface area contributed by atoms with Gasteiger partial charge in [-0.1, -0.05) is 49.4 Å². The summed E-state index contributed by atoms with van der Waals surface area (Å²) in [5.41, 5.74) is 6.70. The van der Waals surface area contributed by atoms with E-state index in [1.165, 1.54) is 11.1 Å². The lowest BCUT2D eigenvalue weighted by atomic mass is 9.90. The number of hydrogen-bond acceptors (Lipinski definition) is 4. The average molecular weight is 467 g/mol. The van der Waals surface area contributed by atoms with E-state index in [0.29, 0.717) is 5.56 Å². The maximum absolute atomic E-state index is 10.2. The number of hydrogen-bond donors (Lipinski definition) is 0. The fraction of sp³-hybridized carbons (Fsp3) is 0.400. The van der Waals surface area contributed by atoms with Gasteiger partial charge in [0.15, 0.2) is 5.65 Å². The Morgan fingerprint density at radius 3 is 2.57 bits per heavy atom. The smallest absolute Gasteiger partial charge is 0.157 e. The highest BCUT2D eigenvalue weighted by molar-refractivity contribution is 5.86. The van der Waals surface area contributed by atoms with Crippen LogP contribution in [0.4, 0.5) is 5.82 Å². The van der Waals surface area contributed by atoms with E-state index < -0.39 is 0 Å². The van der Waals surface area contributed by atoms with Crippen LogP contribution >= 0.6 is 0 Å². The van der Waals surface area contributed by atoms with Gasteiger partial charge in [0.1, 0.15) is 11.9 Å². The van der Waals surface area contributed by atoms with Crippen molar-refractivity contribution in [2.75, 3.05) is 11.5 Å². The first kappa shape index (κ1) is 23.4. The molecule has 0 amide bonds. The minimum absolute atomic E-state index is 0.136. The number of nitriles is 1. The zero-order chi connectivity index (χ0) is 24.7. The Balaban J connectivity index is 1.87. The predicted octanol–water partition coefficient (Wildman–Crippen LogP) is 6.76. The molecule has 3 heterocycles. The molecule has 5 nitrogen and oxygen atoms in total. The van der Waals surface area contributed by atoms with Gasteiger partial charge in [0.25, 0.3) is 0 Å². The standard InChI is InChI=1S/C30H34N4O/c1-6-24-20(2)25(19-31)28-32-26-14-10-11-15-27(26)34(28)29(24)33(21(3)22-12-8-7-9-13-22)23-16-17-35-30(4,5)18-23/h7-15,21,23H,6,16-18H2,1-5H3. The zero-order valence-electron chi connectivity index (χ0n) is 21.4. The summed E-state index contributed by atoms with van der Waals surface area (Å²) in [7, 11) is 0. The number of aromatic nitrogens is 2. The van der Waals surface area contributed by atoms with Crippen molar-refractivity contribution in [2.24, 2.45) is 0 Å². The van der Waals surface area contributed by atoms with Crippen molar-refractivity contribution in [3.63, 3.8) is 0 Å². The van der Waals surface area contributed by atoms with Gasteiger partial charge >= 0.3 is 0 Å². The third-order valence-corrected chi connectivity index (χ3v) is 7.57. The highest BCUT2D eigenvalue weighted by Crippen LogP contribution is 2.41. The fourth-order valence-electron chi connectivity index (χ4n) is 5.86. The molecule has 0 radical (unpaired) electrons. The van der Waals surface area contributed by atoms with E-state index in [0.717, 1.165) is 53.9 Å². The Hall–Kier alpha value is -3.36. The molecule has 0 aliphatic carbocycles. The van der Waals surface area contributed by atoms with E-state index in [4.69, 9.17) is 9.72 Å². The molecule has 1 saturated heterocycles. The minimum Gasteiger partial charge on any atom is -0.375 e. The first-order valence-corrected chi connectivity index (χ1v) is 12.7. The van der Waals surface area contributed by atoms with E-state index in [1.807, 2.05) is 12.1 Å². The predicted molar refractivity (Wildman–Crippen MR) is 142 cm³/mol. The summed E-state index contributed by atoms with van der Waals surface area (Å²) in [5, 5.41) is 10.2. The summed E-state index contributed by atoms with van der Waals surface area (Å²) in [6.45, 7) is 11.7. The molecule has 180 valence electrons. The molecule has 4 aromatic rings. The largest absolute Gasteiger partial charge is 0.375 e. The lowest BCUT2D eigenvalue weighted by Crippen LogP contribution is -2.48. The Labute approximate surface area is 208 Å². The van der Waals surface area contributed by atoms with Gasteiger partial charge in [-0.15, -0.1) is 0 Å². The minimum atomic E-state index is -0.193. The fourth-order valence-corrected chi connectivity index (χ4v) is 5.86. The second kappa shape index (κ2) is 9.02. The van der Waals surface area contributed by atoms with E-state index in [1.54, 1.807) is 0 Å². The number of benzene rings is 2. The Bertz CT molecular complexity index is 1410. The van der Waals surface area contributed by atoms with Crippen LogP contribution in [0.25, 0.3) is 16.7 Å². The van der Waals surface area contributed by atoms with Gasteiger partial charge in [-0.05, 0) is 75.8 Å². The van der Waals surface area contributed by atoms with Crippen molar-refractivity contribution in [1.82, 2.24) is 9.38 Å². The molecule has 0 N–H and O–H groups in total. The maximum atomic E-state index is 10.2. The van der Waals surface area contributed by atoms with Crippen LogP contribution < -0.4 is 4.90 Å². The van der Waals surface area contributed by atoms with Crippen LogP contribution in [0, 0.1) is 18.3 Å². The third kappa shape index (κ3) is 3.96. The van der Waals surface area contributed by atoms with Gasteiger partial charge in [0.2, 0.25) is 0 Å². The molecule has 5 rings (SSSR count). The molecule has 1 fully saturated rings. The molecule has 0 saturated carbocycles. The van der Waals surface area contributed by atoms with Crippen LogP contribution in [0.5, 0.6) is 0 Å². The molecule has 35 heavy (non-hydrogen) atoms. The van der Waals surface area contributed by atoms with Crippen molar-refractivity contribution in [1.29, 1.82) is 5.26 Å². The number of rotatable bonds is 5. The number of ether oxygens (including phenoxy) is 1. The molecular formula is C30H34N4O. The SMILES string of the molecule is CCc1c(C)c(C#N)c2nc3ccccc3n2c1N(C1CCOC(C)(C)C1)C(C)c1ccccc1. The molecule has 2 aromatic carbocycles.